The van der Waals surface area contributed by atoms with Crippen LogP contribution >= 0.6 is 12.2 Å². The molecule has 0 fully saturated rings. The van der Waals surface area contributed by atoms with Crippen molar-refractivity contribution in [2.45, 2.75) is 0 Å². The molecule has 0 aliphatic heterocycles. The third-order valence-corrected chi connectivity index (χ3v) is 1.42. The van der Waals surface area contributed by atoms with Crippen LogP contribution < -0.4 is 10.1 Å². The molecule has 0 radical (unpaired) electrons. The highest BCUT2D eigenvalue weighted by Gasteiger charge is 1.91. The number of isothiocyanates is 1. The summed E-state index contributed by atoms with van der Waals surface area (Å²) < 4.78 is 5.16. The average molecular weight is 234 g/mol. The molecular weight excluding hydrogens is 220 g/mol. The van der Waals surface area contributed by atoms with Crippen LogP contribution in [-0.4, -0.2) is 25.9 Å². The summed E-state index contributed by atoms with van der Waals surface area (Å²) in [4.78, 5) is 3.80. The van der Waals surface area contributed by atoms with E-state index in [4.69, 9.17) is 11.2 Å². The molecule has 0 aliphatic carbocycles. The topological polar surface area (TPSA) is 33.6 Å². The zero-order valence-corrected chi connectivity index (χ0v) is 10.2. The Morgan fingerprint density at radius 1 is 1.38 bits per heavy atom. The molecular formula is C12H14N2OS. The maximum absolute atomic E-state index is 5.16. The normalized spacial score (nSPS) is 7.81. The second-order valence-electron chi connectivity index (χ2n) is 2.69. The maximum Gasteiger partial charge on any atom is 0.148 e. The molecule has 1 aromatic rings. The Hall–Kier alpha value is -1.66. The molecule has 0 saturated carbocycles. The van der Waals surface area contributed by atoms with Crippen molar-refractivity contribution >= 4 is 23.1 Å². The van der Waals surface area contributed by atoms with E-state index in [1.165, 1.54) is 0 Å². The van der Waals surface area contributed by atoms with Crippen molar-refractivity contribution in [3.8, 4) is 18.1 Å². The average Bonchev–Trinajstić information content (AvgIpc) is 2.30. The fourth-order valence-electron chi connectivity index (χ4n) is 0.795. The van der Waals surface area contributed by atoms with Gasteiger partial charge in [-0.05, 0) is 50.6 Å². The summed E-state index contributed by atoms with van der Waals surface area (Å²) in [6, 6.07) is 7.13. The van der Waals surface area contributed by atoms with Crippen molar-refractivity contribution in [1.82, 2.24) is 5.32 Å². The summed E-state index contributed by atoms with van der Waals surface area (Å²) in [6.07, 6.45) is 5.04. The van der Waals surface area contributed by atoms with Crippen LogP contribution in [0.25, 0.3) is 0 Å². The Labute approximate surface area is 102 Å². The smallest absolute Gasteiger partial charge is 0.148 e. The van der Waals surface area contributed by atoms with Crippen LogP contribution in [-0.2, 0) is 0 Å². The molecule has 0 atom stereocenters. The molecule has 0 unspecified atom stereocenters. The molecule has 16 heavy (non-hydrogen) atoms. The molecule has 1 aromatic carbocycles. The zero-order chi connectivity index (χ0) is 12.2. The predicted octanol–water partition coefficient (Wildman–Crippen LogP) is 2.27. The highest BCUT2D eigenvalue weighted by atomic mass is 32.1. The van der Waals surface area contributed by atoms with E-state index in [2.05, 4.69) is 33.6 Å². The van der Waals surface area contributed by atoms with Crippen LogP contribution in [0.5, 0.6) is 5.75 Å². The number of ether oxygens (including phenoxy) is 1. The summed E-state index contributed by atoms with van der Waals surface area (Å²) in [6.45, 7) is 0.274. The molecule has 0 bridgehead atoms. The fraction of sp³-hybridized carbons (Fsp3) is 0.250. The van der Waals surface area contributed by atoms with E-state index < -0.39 is 0 Å². The lowest BCUT2D eigenvalue weighted by Gasteiger charge is -2.00. The van der Waals surface area contributed by atoms with Crippen LogP contribution in [0.4, 0.5) is 5.69 Å². The lowest BCUT2D eigenvalue weighted by Crippen LogP contribution is -1.92. The summed E-state index contributed by atoms with van der Waals surface area (Å²) >= 11 is 4.46. The van der Waals surface area contributed by atoms with Gasteiger partial charge in [-0.25, -0.2) is 0 Å². The third kappa shape index (κ3) is 6.74. The van der Waals surface area contributed by atoms with Crippen molar-refractivity contribution in [2.24, 2.45) is 4.99 Å². The van der Waals surface area contributed by atoms with Gasteiger partial charge in [-0.1, -0.05) is 5.92 Å². The van der Waals surface area contributed by atoms with Gasteiger partial charge in [-0.2, -0.15) is 4.99 Å². The minimum Gasteiger partial charge on any atom is -0.481 e. The fourth-order valence-corrected chi connectivity index (χ4v) is 0.900. The minimum atomic E-state index is 0.274. The van der Waals surface area contributed by atoms with Gasteiger partial charge in [0.1, 0.15) is 12.4 Å². The van der Waals surface area contributed by atoms with Crippen LogP contribution in [0, 0.1) is 12.3 Å². The first-order valence-electron chi connectivity index (χ1n) is 4.61. The molecule has 0 saturated heterocycles. The van der Waals surface area contributed by atoms with E-state index in [9.17, 15) is 0 Å². The van der Waals surface area contributed by atoms with Gasteiger partial charge in [0.25, 0.3) is 0 Å². The molecule has 0 aromatic heterocycles. The first-order chi connectivity index (χ1) is 7.78. The first kappa shape index (κ1) is 14.3. The summed E-state index contributed by atoms with van der Waals surface area (Å²) in [7, 11) is 3.75. The molecule has 4 heteroatoms. The Balaban J connectivity index is 0.000000673. The second-order valence-corrected chi connectivity index (χ2v) is 2.87. The van der Waals surface area contributed by atoms with Gasteiger partial charge in [0.05, 0.1) is 10.8 Å². The van der Waals surface area contributed by atoms with E-state index in [0.29, 0.717) is 0 Å². The van der Waals surface area contributed by atoms with E-state index >= 15 is 0 Å². The predicted molar refractivity (Wildman–Crippen MR) is 70.4 cm³/mol. The van der Waals surface area contributed by atoms with Crippen molar-refractivity contribution in [2.75, 3.05) is 20.7 Å². The van der Waals surface area contributed by atoms with Crippen molar-refractivity contribution in [3.63, 3.8) is 0 Å². The van der Waals surface area contributed by atoms with Crippen molar-refractivity contribution in [3.05, 3.63) is 24.3 Å². The Morgan fingerprint density at radius 3 is 2.38 bits per heavy atom. The first-order valence-corrected chi connectivity index (χ1v) is 5.02. The van der Waals surface area contributed by atoms with Crippen molar-refractivity contribution < 1.29 is 4.74 Å². The highest BCUT2D eigenvalue weighted by molar-refractivity contribution is 7.78. The number of terminal acetylenes is 1. The highest BCUT2D eigenvalue weighted by Crippen LogP contribution is 2.17. The number of rotatable bonds is 3. The molecule has 1 N–H and O–H groups in total. The van der Waals surface area contributed by atoms with Crippen LogP contribution in [0.2, 0.25) is 0 Å². The molecule has 3 nitrogen and oxygen atoms in total. The number of thiocarbonyl (C=S) groups is 1. The molecule has 0 aliphatic rings. The lowest BCUT2D eigenvalue weighted by atomic mass is 10.3. The van der Waals surface area contributed by atoms with E-state index in [1.54, 1.807) is 24.3 Å². The lowest BCUT2D eigenvalue weighted by molar-refractivity contribution is 0.370. The summed E-state index contributed by atoms with van der Waals surface area (Å²) in [5.41, 5.74) is 0.753. The molecule has 1 rings (SSSR count). The number of aliphatic imine (C=N–C) groups is 1. The van der Waals surface area contributed by atoms with Gasteiger partial charge in [-0.15, -0.1) is 6.42 Å². The molecule has 0 amide bonds. The van der Waals surface area contributed by atoms with Gasteiger partial charge in [0, 0.05) is 0 Å². The summed E-state index contributed by atoms with van der Waals surface area (Å²) in [5.74, 6) is 3.10. The second kappa shape index (κ2) is 9.88. The van der Waals surface area contributed by atoms with E-state index in [-0.39, 0.29) is 6.61 Å². The zero-order valence-electron chi connectivity index (χ0n) is 9.36. The number of benzene rings is 1. The summed E-state index contributed by atoms with van der Waals surface area (Å²) in [5, 5.41) is 5.03. The van der Waals surface area contributed by atoms with Gasteiger partial charge >= 0.3 is 0 Å². The van der Waals surface area contributed by atoms with Gasteiger partial charge in [0.15, 0.2) is 0 Å². The molecule has 84 valence electrons. The number of hydrogen-bond acceptors (Lipinski definition) is 4. The molecule has 0 heterocycles. The van der Waals surface area contributed by atoms with Crippen molar-refractivity contribution in [1.29, 1.82) is 0 Å². The van der Waals surface area contributed by atoms with Crippen LogP contribution in [0.1, 0.15) is 0 Å². The van der Waals surface area contributed by atoms with E-state index in [0.717, 1.165) is 11.4 Å². The quantitative estimate of drug-likeness (QED) is 0.495. The third-order valence-electron chi connectivity index (χ3n) is 1.33. The number of hydrogen-bond donors (Lipinski definition) is 1. The largest absolute Gasteiger partial charge is 0.481 e. The number of nitrogens with zero attached hydrogens (tertiary/aromatic N) is 1. The van der Waals surface area contributed by atoms with Crippen LogP contribution in [0.15, 0.2) is 29.3 Å². The minimum absolute atomic E-state index is 0.274. The van der Waals surface area contributed by atoms with Gasteiger partial charge < -0.3 is 10.1 Å². The van der Waals surface area contributed by atoms with Gasteiger partial charge in [-0.3, -0.25) is 0 Å². The van der Waals surface area contributed by atoms with E-state index in [1.807, 2.05) is 14.1 Å². The Morgan fingerprint density at radius 2 is 1.94 bits per heavy atom. The van der Waals surface area contributed by atoms with Crippen LogP contribution in [0.3, 0.4) is 0 Å². The SMILES string of the molecule is C#CCOc1ccc(N=C=S)cc1.CNC. The Bertz CT molecular complexity index is 375. The molecule has 0 spiro atoms. The number of nitrogens with one attached hydrogen (secondary N) is 1. The monoisotopic (exact) mass is 234 g/mol. The maximum atomic E-state index is 5.16. The van der Waals surface area contributed by atoms with Gasteiger partial charge in [0.2, 0.25) is 0 Å². The Kier molecular flexibility index (Phi) is 8.85. The standard InChI is InChI=1S/C10H7NOS.C2H7N/c1-2-7-12-10-5-3-9(4-6-10)11-8-13;1-3-2/h1,3-6H,7H2;3H,1-2H3.